The van der Waals surface area contributed by atoms with Gasteiger partial charge in [0.1, 0.15) is 5.75 Å². The maximum atomic E-state index is 10.6. The second-order valence-electron chi connectivity index (χ2n) is 4.05. The van der Waals surface area contributed by atoms with Crippen molar-refractivity contribution in [2.45, 2.75) is 6.42 Å². The molecule has 0 amide bonds. The van der Waals surface area contributed by atoms with Crippen LogP contribution in [0.4, 0.5) is 5.69 Å². The Morgan fingerprint density at radius 3 is 3.06 bits per heavy atom. The van der Waals surface area contributed by atoms with Crippen LogP contribution in [0.15, 0.2) is 24.3 Å². The molecule has 2 atom stereocenters. The van der Waals surface area contributed by atoms with E-state index in [0.717, 1.165) is 17.9 Å². The van der Waals surface area contributed by atoms with Gasteiger partial charge in [0.05, 0.1) is 13.0 Å². The molecule has 1 aromatic rings. The molecule has 1 aromatic carbocycles. The van der Waals surface area contributed by atoms with E-state index in [1.807, 2.05) is 24.3 Å². The van der Waals surface area contributed by atoms with Gasteiger partial charge in [0, 0.05) is 18.3 Å². The molecule has 2 unspecified atom stereocenters. The number of hydrogen-bond donors (Lipinski definition) is 2. The molecule has 1 aliphatic rings. The van der Waals surface area contributed by atoms with Crippen molar-refractivity contribution in [3.63, 3.8) is 0 Å². The van der Waals surface area contributed by atoms with Crippen molar-refractivity contribution in [2.24, 2.45) is 11.8 Å². The summed E-state index contributed by atoms with van der Waals surface area (Å²) < 4.78 is 5.10. The first-order chi connectivity index (χ1) is 7.70. The van der Waals surface area contributed by atoms with Crippen LogP contribution in [0.1, 0.15) is 6.42 Å². The summed E-state index contributed by atoms with van der Waals surface area (Å²) in [5, 5.41) is 12.0. The highest BCUT2D eigenvalue weighted by Gasteiger charge is 2.42. The molecule has 0 saturated heterocycles. The van der Waals surface area contributed by atoms with Crippen LogP contribution in [0, 0.1) is 11.8 Å². The highest BCUT2D eigenvalue weighted by molar-refractivity contribution is 5.73. The summed E-state index contributed by atoms with van der Waals surface area (Å²) in [7, 11) is 1.63. The lowest BCUT2D eigenvalue weighted by molar-refractivity contribution is -0.138. The number of ether oxygens (including phenoxy) is 1. The molecule has 2 N–H and O–H groups in total. The summed E-state index contributed by atoms with van der Waals surface area (Å²) in [5.41, 5.74) is 0.968. The second-order valence-corrected chi connectivity index (χ2v) is 4.05. The van der Waals surface area contributed by atoms with E-state index >= 15 is 0 Å². The van der Waals surface area contributed by atoms with Crippen LogP contribution in [0.3, 0.4) is 0 Å². The zero-order valence-electron chi connectivity index (χ0n) is 9.14. The lowest BCUT2D eigenvalue weighted by Crippen LogP contribution is -2.08. The highest BCUT2D eigenvalue weighted by Crippen LogP contribution is 2.38. The molecule has 16 heavy (non-hydrogen) atoms. The smallest absolute Gasteiger partial charge is 0.306 e. The van der Waals surface area contributed by atoms with Gasteiger partial charge in [0.15, 0.2) is 0 Å². The zero-order chi connectivity index (χ0) is 11.5. The first kappa shape index (κ1) is 10.8. The maximum Gasteiger partial charge on any atom is 0.306 e. The topological polar surface area (TPSA) is 58.6 Å². The largest absolute Gasteiger partial charge is 0.497 e. The molecular weight excluding hydrogens is 206 g/mol. The van der Waals surface area contributed by atoms with Crippen LogP contribution in [0.2, 0.25) is 0 Å². The van der Waals surface area contributed by atoms with E-state index in [0.29, 0.717) is 6.54 Å². The van der Waals surface area contributed by atoms with Crippen LogP contribution in [0.25, 0.3) is 0 Å². The Bertz CT molecular complexity index is 392. The molecule has 4 heteroatoms. The third-order valence-electron chi connectivity index (χ3n) is 2.88. The van der Waals surface area contributed by atoms with Crippen LogP contribution in [-0.2, 0) is 4.79 Å². The lowest BCUT2D eigenvalue weighted by atomic mass is 10.2. The molecule has 0 aromatic heterocycles. The SMILES string of the molecule is COc1cccc(NCC2CC2C(=O)O)c1. The Morgan fingerprint density at radius 1 is 1.62 bits per heavy atom. The summed E-state index contributed by atoms with van der Waals surface area (Å²) in [5.74, 6) is 0.231. The van der Waals surface area contributed by atoms with Crippen molar-refractivity contribution < 1.29 is 14.6 Å². The number of anilines is 1. The number of methoxy groups -OCH3 is 1. The first-order valence-corrected chi connectivity index (χ1v) is 5.31. The zero-order valence-corrected chi connectivity index (χ0v) is 9.14. The predicted octanol–water partition coefficient (Wildman–Crippen LogP) is 1.83. The molecular formula is C12H15NO3. The monoisotopic (exact) mass is 221 g/mol. The van der Waals surface area contributed by atoms with Gasteiger partial charge in [0.25, 0.3) is 0 Å². The van der Waals surface area contributed by atoms with E-state index in [2.05, 4.69) is 5.32 Å². The van der Waals surface area contributed by atoms with Crippen molar-refractivity contribution in [3.8, 4) is 5.75 Å². The molecule has 0 heterocycles. The molecule has 1 fully saturated rings. The van der Waals surface area contributed by atoms with Crippen molar-refractivity contribution >= 4 is 11.7 Å². The predicted molar refractivity (Wildman–Crippen MR) is 60.7 cm³/mol. The van der Waals surface area contributed by atoms with Gasteiger partial charge in [-0.2, -0.15) is 0 Å². The van der Waals surface area contributed by atoms with E-state index in [-0.39, 0.29) is 11.8 Å². The van der Waals surface area contributed by atoms with Crippen molar-refractivity contribution in [2.75, 3.05) is 19.0 Å². The van der Waals surface area contributed by atoms with E-state index in [1.165, 1.54) is 0 Å². The van der Waals surface area contributed by atoms with E-state index in [1.54, 1.807) is 7.11 Å². The minimum absolute atomic E-state index is 0.155. The van der Waals surface area contributed by atoms with E-state index < -0.39 is 5.97 Å². The van der Waals surface area contributed by atoms with Crippen LogP contribution >= 0.6 is 0 Å². The molecule has 0 aliphatic heterocycles. The quantitative estimate of drug-likeness (QED) is 0.796. The molecule has 86 valence electrons. The fraction of sp³-hybridized carbons (Fsp3) is 0.417. The van der Waals surface area contributed by atoms with Crippen molar-refractivity contribution in [1.82, 2.24) is 0 Å². The minimum Gasteiger partial charge on any atom is -0.497 e. The summed E-state index contributed by atoms with van der Waals surface area (Å²) >= 11 is 0. The molecule has 1 aliphatic carbocycles. The van der Waals surface area contributed by atoms with E-state index in [9.17, 15) is 4.79 Å². The van der Waals surface area contributed by atoms with Gasteiger partial charge in [-0.15, -0.1) is 0 Å². The number of carbonyl (C=O) groups is 1. The number of carboxylic acid groups (broad SMARTS) is 1. The minimum atomic E-state index is -0.683. The summed E-state index contributed by atoms with van der Waals surface area (Å²) in [4.78, 5) is 10.6. The van der Waals surface area contributed by atoms with Crippen molar-refractivity contribution in [1.29, 1.82) is 0 Å². The average Bonchev–Trinajstić information content (AvgIpc) is 3.06. The fourth-order valence-corrected chi connectivity index (χ4v) is 1.76. The van der Waals surface area contributed by atoms with Crippen LogP contribution in [0.5, 0.6) is 5.75 Å². The molecule has 0 spiro atoms. The Kier molecular flexibility index (Phi) is 2.99. The van der Waals surface area contributed by atoms with Gasteiger partial charge < -0.3 is 15.2 Å². The number of rotatable bonds is 5. The van der Waals surface area contributed by atoms with Gasteiger partial charge in [-0.25, -0.2) is 0 Å². The molecule has 0 bridgehead atoms. The number of benzene rings is 1. The summed E-state index contributed by atoms with van der Waals surface area (Å²) in [6, 6.07) is 7.63. The van der Waals surface area contributed by atoms with Crippen LogP contribution < -0.4 is 10.1 Å². The van der Waals surface area contributed by atoms with Crippen molar-refractivity contribution in [3.05, 3.63) is 24.3 Å². The third-order valence-corrected chi connectivity index (χ3v) is 2.88. The van der Waals surface area contributed by atoms with Crippen LogP contribution in [-0.4, -0.2) is 24.7 Å². The number of aliphatic carboxylic acids is 1. The molecule has 1 saturated carbocycles. The normalized spacial score (nSPS) is 22.6. The number of nitrogens with one attached hydrogen (secondary N) is 1. The second kappa shape index (κ2) is 4.43. The fourth-order valence-electron chi connectivity index (χ4n) is 1.76. The Hall–Kier alpha value is -1.71. The number of hydrogen-bond acceptors (Lipinski definition) is 3. The standard InChI is InChI=1S/C12H15NO3/c1-16-10-4-2-3-9(6-10)13-7-8-5-11(8)12(14)15/h2-4,6,8,11,13H,5,7H2,1H3,(H,14,15). The average molecular weight is 221 g/mol. The van der Waals surface area contributed by atoms with Gasteiger partial charge >= 0.3 is 5.97 Å². The summed E-state index contributed by atoms with van der Waals surface area (Å²) in [6.07, 6.45) is 0.784. The highest BCUT2D eigenvalue weighted by atomic mass is 16.5. The van der Waals surface area contributed by atoms with Gasteiger partial charge in [-0.3, -0.25) is 4.79 Å². The Balaban J connectivity index is 1.84. The number of carboxylic acids is 1. The molecule has 2 rings (SSSR count). The Morgan fingerprint density at radius 2 is 2.44 bits per heavy atom. The molecule has 0 radical (unpaired) electrons. The maximum absolute atomic E-state index is 10.6. The Labute approximate surface area is 94.2 Å². The first-order valence-electron chi connectivity index (χ1n) is 5.31. The van der Waals surface area contributed by atoms with Gasteiger partial charge in [-0.1, -0.05) is 6.07 Å². The lowest BCUT2D eigenvalue weighted by Gasteiger charge is -2.07. The third kappa shape index (κ3) is 2.45. The summed E-state index contributed by atoms with van der Waals surface area (Å²) in [6.45, 7) is 0.712. The van der Waals surface area contributed by atoms with E-state index in [4.69, 9.17) is 9.84 Å². The molecule has 4 nitrogen and oxygen atoms in total. The van der Waals surface area contributed by atoms with Gasteiger partial charge in [0.2, 0.25) is 0 Å². The van der Waals surface area contributed by atoms with Gasteiger partial charge in [-0.05, 0) is 24.5 Å².